The number of aliphatic hydroxyl groups excluding tert-OH is 1. The number of anilines is 2. The average molecular weight is 248 g/mol. The van der Waals surface area contributed by atoms with Crippen molar-refractivity contribution < 1.29 is 9.90 Å². The molecule has 0 bridgehead atoms. The molecule has 1 aliphatic heterocycles. The van der Waals surface area contributed by atoms with Crippen LogP contribution in [-0.4, -0.2) is 30.2 Å². The molecule has 98 valence electrons. The molecule has 0 aromatic heterocycles. The zero-order valence-electron chi connectivity index (χ0n) is 10.9. The van der Waals surface area contributed by atoms with Gasteiger partial charge in [0.2, 0.25) is 5.91 Å². The summed E-state index contributed by atoms with van der Waals surface area (Å²) in [5, 5.41) is 12.3. The smallest absolute Gasteiger partial charge is 0.249 e. The number of amides is 1. The number of nitrogens with one attached hydrogen (secondary N) is 1. The van der Waals surface area contributed by atoms with E-state index in [0.717, 1.165) is 11.4 Å². The number of carbonyl (C=O) groups is 1. The summed E-state index contributed by atoms with van der Waals surface area (Å²) in [5.74, 6) is 0.333. The van der Waals surface area contributed by atoms with Crippen molar-refractivity contribution in [1.29, 1.82) is 0 Å². The lowest BCUT2D eigenvalue weighted by molar-refractivity contribution is -0.120. The number of nitrogens with zero attached hydrogens (tertiary/aromatic N) is 1. The van der Waals surface area contributed by atoms with E-state index < -0.39 is 0 Å². The van der Waals surface area contributed by atoms with E-state index >= 15 is 0 Å². The van der Waals surface area contributed by atoms with Crippen LogP contribution in [-0.2, 0) is 4.79 Å². The number of fused-ring (bicyclic) bond motifs is 1. The first-order valence-electron chi connectivity index (χ1n) is 6.43. The number of carbonyl (C=O) groups excluding carboxylic acids is 1. The zero-order valence-corrected chi connectivity index (χ0v) is 10.9. The van der Waals surface area contributed by atoms with E-state index in [1.807, 2.05) is 38.1 Å². The van der Waals surface area contributed by atoms with E-state index in [2.05, 4.69) is 5.32 Å². The van der Waals surface area contributed by atoms with E-state index in [-0.39, 0.29) is 24.5 Å². The minimum absolute atomic E-state index is 0.0946. The molecule has 1 aliphatic rings. The molecule has 4 nitrogen and oxygen atoms in total. The summed E-state index contributed by atoms with van der Waals surface area (Å²) >= 11 is 0. The van der Waals surface area contributed by atoms with Crippen LogP contribution in [0.5, 0.6) is 0 Å². The highest BCUT2D eigenvalue weighted by Gasteiger charge is 2.33. The maximum Gasteiger partial charge on any atom is 0.249 e. The van der Waals surface area contributed by atoms with Gasteiger partial charge in [0.15, 0.2) is 0 Å². The van der Waals surface area contributed by atoms with Gasteiger partial charge in [-0.15, -0.1) is 0 Å². The van der Waals surface area contributed by atoms with Crippen molar-refractivity contribution in [1.82, 2.24) is 0 Å². The van der Waals surface area contributed by atoms with Gasteiger partial charge >= 0.3 is 0 Å². The van der Waals surface area contributed by atoms with Crippen molar-refractivity contribution in [2.24, 2.45) is 5.92 Å². The van der Waals surface area contributed by atoms with Crippen molar-refractivity contribution in [3.63, 3.8) is 0 Å². The van der Waals surface area contributed by atoms with Gasteiger partial charge in [0.1, 0.15) is 6.04 Å². The zero-order chi connectivity index (χ0) is 13.1. The Morgan fingerprint density at radius 3 is 2.78 bits per heavy atom. The van der Waals surface area contributed by atoms with Gasteiger partial charge in [0, 0.05) is 13.2 Å². The topological polar surface area (TPSA) is 52.6 Å². The third-order valence-electron chi connectivity index (χ3n) is 3.24. The number of benzene rings is 1. The molecule has 18 heavy (non-hydrogen) atoms. The lowest BCUT2D eigenvalue weighted by Gasteiger charge is -2.37. The molecule has 2 rings (SSSR count). The van der Waals surface area contributed by atoms with E-state index in [1.165, 1.54) is 0 Å². The Balaban J connectivity index is 2.33. The van der Waals surface area contributed by atoms with Crippen LogP contribution < -0.4 is 10.2 Å². The van der Waals surface area contributed by atoms with Crippen LogP contribution in [0, 0.1) is 5.92 Å². The molecule has 0 spiro atoms. The predicted octanol–water partition coefficient (Wildman–Crippen LogP) is 1.85. The summed E-state index contributed by atoms with van der Waals surface area (Å²) in [4.78, 5) is 14.2. The van der Waals surface area contributed by atoms with Crippen LogP contribution >= 0.6 is 0 Å². The third kappa shape index (κ3) is 2.34. The number of para-hydroxylation sites is 2. The third-order valence-corrected chi connectivity index (χ3v) is 3.24. The van der Waals surface area contributed by atoms with Crippen molar-refractivity contribution in [2.75, 3.05) is 23.4 Å². The van der Waals surface area contributed by atoms with E-state index in [9.17, 15) is 4.79 Å². The number of rotatable bonds is 4. The largest absolute Gasteiger partial charge is 0.396 e. The molecule has 1 amide bonds. The molecule has 1 atom stereocenters. The second-order valence-electron chi connectivity index (χ2n) is 4.95. The van der Waals surface area contributed by atoms with Crippen LogP contribution in [0.4, 0.5) is 11.4 Å². The highest BCUT2D eigenvalue weighted by Crippen LogP contribution is 2.32. The van der Waals surface area contributed by atoms with Crippen LogP contribution in [0.15, 0.2) is 24.3 Å². The summed E-state index contributed by atoms with van der Waals surface area (Å²) in [5.41, 5.74) is 1.90. The quantitative estimate of drug-likeness (QED) is 0.855. The van der Waals surface area contributed by atoms with E-state index in [0.29, 0.717) is 13.0 Å². The second-order valence-corrected chi connectivity index (χ2v) is 4.95. The Labute approximate surface area is 108 Å². The molecular weight excluding hydrogens is 228 g/mol. The normalized spacial score (nSPS) is 18.8. The Hall–Kier alpha value is -1.55. The minimum Gasteiger partial charge on any atom is -0.396 e. The van der Waals surface area contributed by atoms with Gasteiger partial charge in [0.25, 0.3) is 0 Å². The van der Waals surface area contributed by atoms with Crippen molar-refractivity contribution in [3.8, 4) is 0 Å². The molecule has 1 heterocycles. The minimum atomic E-state index is -0.182. The number of hydrogen-bond acceptors (Lipinski definition) is 3. The molecule has 1 unspecified atom stereocenters. The summed E-state index contributed by atoms with van der Waals surface area (Å²) in [6, 6.07) is 7.63. The highest BCUT2D eigenvalue weighted by atomic mass is 16.3. The van der Waals surface area contributed by atoms with Crippen LogP contribution in [0.1, 0.15) is 20.3 Å². The fourth-order valence-electron chi connectivity index (χ4n) is 2.26. The molecule has 2 N–H and O–H groups in total. The molecule has 0 fully saturated rings. The maximum absolute atomic E-state index is 12.4. The summed E-state index contributed by atoms with van der Waals surface area (Å²) in [7, 11) is 0. The first-order valence-corrected chi connectivity index (χ1v) is 6.43. The maximum atomic E-state index is 12.4. The molecule has 4 heteroatoms. The van der Waals surface area contributed by atoms with E-state index in [4.69, 9.17) is 5.11 Å². The van der Waals surface area contributed by atoms with Gasteiger partial charge in [-0.1, -0.05) is 26.0 Å². The van der Waals surface area contributed by atoms with Gasteiger partial charge in [-0.05, 0) is 24.5 Å². The van der Waals surface area contributed by atoms with Gasteiger partial charge in [-0.3, -0.25) is 4.79 Å². The highest BCUT2D eigenvalue weighted by molar-refractivity contribution is 6.05. The van der Waals surface area contributed by atoms with Gasteiger partial charge in [0.05, 0.1) is 11.4 Å². The molecule has 0 saturated heterocycles. The Morgan fingerprint density at radius 2 is 2.11 bits per heavy atom. The van der Waals surface area contributed by atoms with Gasteiger partial charge < -0.3 is 15.3 Å². The predicted molar refractivity (Wildman–Crippen MR) is 72.7 cm³/mol. The average Bonchev–Trinajstić information content (AvgIpc) is 2.37. The standard InChI is InChI=1S/C14H20N2O2/c1-10(2)13-14(18)16(8-5-9-17)12-7-4-3-6-11(12)15-13/h3-4,6-7,10,13,15,17H,5,8-9H2,1-2H3. The first kappa shape index (κ1) is 12.9. The van der Waals surface area contributed by atoms with Gasteiger partial charge in [-0.25, -0.2) is 0 Å². The summed E-state index contributed by atoms with van der Waals surface area (Å²) in [6.07, 6.45) is 0.602. The lowest BCUT2D eigenvalue weighted by Crippen LogP contribution is -2.50. The van der Waals surface area contributed by atoms with Crippen molar-refractivity contribution >= 4 is 17.3 Å². The first-order chi connectivity index (χ1) is 8.65. The fourth-order valence-corrected chi connectivity index (χ4v) is 2.26. The van der Waals surface area contributed by atoms with Crippen molar-refractivity contribution in [2.45, 2.75) is 26.3 Å². The van der Waals surface area contributed by atoms with Crippen molar-refractivity contribution in [3.05, 3.63) is 24.3 Å². The summed E-state index contributed by atoms with van der Waals surface area (Å²) < 4.78 is 0. The SMILES string of the molecule is CC(C)C1Nc2ccccc2N(CCCO)C1=O. The molecule has 1 aromatic rings. The summed E-state index contributed by atoms with van der Waals surface area (Å²) in [6.45, 7) is 4.74. The lowest BCUT2D eigenvalue weighted by atomic mass is 9.99. The molecule has 0 saturated carbocycles. The second kappa shape index (κ2) is 5.40. The van der Waals surface area contributed by atoms with Crippen LogP contribution in [0.2, 0.25) is 0 Å². The number of hydrogen-bond donors (Lipinski definition) is 2. The Morgan fingerprint density at radius 1 is 1.39 bits per heavy atom. The molecule has 0 aliphatic carbocycles. The molecule has 1 aromatic carbocycles. The van der Waals surface area contributed by atoms with Gasteiger partial charge in [-0.2, -0.15) is 0 Å². The molecular formula is C14H20N2O2. The monoisotopic (exact) mass is 248 g/mol. The van der Waals surface area contributed by atoms with Crippen LogP contribution in [0.25, 0.3) is 0 Å². The molecule has 0 radical (unpaired) electrons. The Bertz CT molecular complexity index is 432. The van der Waals surface area contributed by atoms with E-state index in [1.54, 1.807) is 4.90 Å². The number of aliphatic hydroxyl groups is 1. The fraction of sp³-hybridized carbons (Fsp3) is 0.500. The Kier molecular flexibility index (Phi) is 3.87. The van der Waals surface area contributed by atoms with Crippen LogP contribution in [0.3, 0.4) is 0 Å².